The molecule has 26 heavy (non-hydrogen) atoms. The van der Waals surface area contributed by atoms with Gasteiger partial charge < -0.3 is 14.6 Å². The van der Waals surface area contributed by atoms with E-state index in [1.807, 2.05) is 0 Å². The van der Waals surface area contributed by atoms with Crippen LogP contribution in [0.2, 0.25) is 0 Å². The highest BCUT2D eigenvalue weighted by Crippen LogP contribution is 2.44. The van der Waals surface area contributed by atoms with E-state index in [9.17, 15) is 26.7 Å². The molecule has 0 aliphatic carbocycles. The van der Waals surface area contributed by atoms with Gasteiger partial charge in [-0.05, 0) is 32.0 Å². The van der Waals surface area contributed by atoms with Crippen LogP contribution in [0, 0.1) is 0 Å². The second kappa shape index (κ2) is 6.90. The molecule has 1 aliphatic rings. The summed E-state index contributed by atoms with van der Waals surface area (Å²) in [5.41, 5.74) is -0.732. The van der Waals surface area contributed by atoms with E-state index in [0.29, 0.717) is 11.3 Å². The van der Waals surface area contributed by atoms with E-state index >= 15 is 0 Å². The van der Waals surface area contributed by atoms with Crippen molar-refractivity contribution in [2.75, 3.05) is 19.9 Å². The van der Waals surface area contributed by atoms with Crippen LogP contribution in [0.5, 0.6) is 11.5 Å². The molecule has 2 atom stereocenters. The molecule has 0 fully saturated rings. The Balaban J connectivity index is 2.38. The number of ether oxygens (including phenoxy) is 2. The third kappa shape index (κ3) is 4.60. The minimum absolute atomic E-state index is 0.135. The third-order valence-electron chi connectivity index (χ3n) is 4.25. The Morgan fingerprint density at radius 3 is 2.50 bits per heavy atom. The smallest absolute Gasteiger partial charge is 0.392 e. The van der Waals surface area contributed by atoms with Gasteiger partial charge in [0.25, 0.3) is 0 Å². The Hall–Kier alpha value is -1.52. The van der Waals surface area contributed by atoms with E-state index in [-0.39, 0.29) is 5.75 Å². The van der Waals surface area contributed by atoms with Crippen LogP contribution in [0.3, 0.4) is 0 Å². The molecule has 2 unspecified atom stereocenters. The number of sulfonamides is 1. The Morgan fingerprint density at radius 1 is 1.35 bits per heavy atom. The van der Waals surface area contributed by atoms with Gasteiger partial charge in [-0.15, -0.1) is 0 Å². The molecular weight excluding hydrogens is 375 g/mol. The van der Waals surface area contributed by atoms with Crippen molar-refractivity contribution in [3.05, 3.63) is 23.8 Å². The molecule has 2 rings (SSSR count). The zero-order valence-electron chi connectivity index (χ0n) is 14.9. The van der Waals surface area contributed by atoms with Crippen molar-refractivity contribution >= 4 is 10.0 Å². The summed E-state index contributed by atoms with van der Waals surface area (Å²) >= 11 is 0. The average molecular weight is 397 g/mol. The number of fused-ring (bicyclic) bond motifs is 1. The van der Waals surface area contributed by atoms with Gasteiger partial charge in [-0.2, -0.15) is 17.5 Å². The lowest BCUT2D eigenvalue weighted by Crippen LogP contribution is -2.53. The summed E-state index contributed by atoms with van der Waals surface area (Å²) in [6, 6.07) is 3.38. The van der Waals surface area contributed by atoms with Crippen LogP contribution in [0.4, 0.5) is 13.2 Å². The van der Waals surface area contributed by atoms with Gasteiger partial charge in [-0.25, -0.2) is 8.42 Å². The third-order valence-corrected chi connectivity index (χ3v) is 5.53. The summed E-state index contributed by atoms with van der Waals surface area (Å²) in [7, 11) is -2.32. The minimum Gasteiger partial charge on any atom is -0.493 e. The normalized spacial score (nSPS) is 22.7. The topological polar surface area (TPSA) is 76.1 Å². The van der Waals surface area contributed by atoms with E-state index in [0.717, 1.165) is 10.6 Å². The number of nitrogens with zero attached hydrogens (tertiary/aromatic N) is 1. The summed E-state index contributed by atoms with van der Waals surface area (Å²) in [5, 5.41) is 10.6. The van der Waals surface area contributed by atoms with Crippen molar-refractivity contribution in [3.8, 4) is 11.5 Å². The Morgan fingerprint density at radius 2 is 1.96 bits per heavy atom. The highest BCUT2D eigenvalue weighted by atomic mass is 32.2. The van der Waals surface area contributed by atoms with Crippen LogP contribution >= 0.6 is 0 Å². The van der Waals surface area contributed by atoms with Crippen LogP contribution in [-0.4, -0.2) is 55.6 Å². The van der Waals surface area contributed by atoms with Gasteiger partial charge in [-0.3, -0.25) is 0 Å². The van der Waals surface area contributed by atoms with Gasteiger partial charge in [0.05, 0.1) is 25.3 Å². The summed E-state index contributed by atoms with van der Waals surface area (Å²) in [6.45, 7) is 2.68. The first-order valence-electron chi connectivity index (χ1n) is 7.86. The lowest BCUT2D eigenvalue weighted by Gasteiger charge is -2.44. The number of hydrogen-bond donors (Lipinski definition) is 1. The lowest BCUT2D eigenvalue weighted by atomic mass is 9.86. The van der Waals surface area contributed by atoms with Gasteiger partial charge >= 0.3 is 6.18 Å². The Kier molecular flexibility index (Phi) is 5.51. The molecule has 0 saturated carbocycles. The molecule has 0 spiro atoms. The molecule has 1 aromatic rings. The highest BCUT2D eigenvalue weighted by molar-refractivity contribution is 7.88. The first-order valence-corrected chi connectivity index (χ1v) is 9.71. The van der Waals surface area contributed by atoms with Gasteiger partial charge in [0.1, 0.15) is 23.2 Å². The van der Waals surface area contributed by atoms with Gasteiger partial charge in [0.15, 0.2) is 0 Å². The van der Waals surface area contributed by atoms with Crippen molar-refractivity contribution in [3.63, 3.8) is 0 Å². The SMILES string of the molecule is CN(C1c2cc(OCCC(F)(F)F)ccc2OC(C)(C)C1O)S(C)(=O)=O. The number of benzene rings is 1. The zero-order chi connectivity index (χ0) is 19.9. The van der Waals surface area contributed by atoms with E-state index in [1.165, 1.54) is 25.2 Å². The summed E-state index contributed by atoms with van der Waals surface area (Å²) in [4.78, 5) is 0. The Bertz CT molecular complexity index is 764. The molecule has 10 heteroatoms. The fraction of sp³-hybridized carbons (Fsp3) is 0.625. The largest absolute Gasteiger partial charge is 0.493 e. The highest BCUT2D eigenvalue weighted by Gasteiger charge is 2.46. The molecule has 1 N–H and O–H groups in total. The van der Waals surface area contributed by atoms with Crippen LogP contribution < -0.4 is 9.47 Å². The zero-order valence-corrected chi connectivity index (χ0v) is 15.7. The quantitative estimate of drug-likeness (QED) is 0.826. The Labute approximate surface area is 150 Å². The van der Waals surface area contributed by atoms with Gasteiger partial charge in [0.2, 0.25) is 10.0 Å². The second-order valence-corrected chi connectivity index (χ2v) is 8.83. The number of hydrogen-bond acceptors (Lipinski definition) is 5. The molecule has 1 aliphatic heterocycles. The van der Waals surface area contributed by atoms with Crippen LogP contribution in [0.15, 0.2) is 18.2 Å². The first-order chi connectivity index (χ1) is 11.7. The predicted octanol–water partition coefficient (Wildman–Crippen LogP) is 2.48. The molecule has 0 aromatic heterocycles. The van der Waals surface area contributed by atoms with E-state index < -0.39 is 47.0 Å². The van der Waals surface area contributed by atoms with Crippen molar-refractivity contribution in [1.82, 2.24) is 4.31 Å². The molecule has 0 saturated heterocycles. The molecular formula is C16H22F3NO5S. The average Bonchev–Trinajstić information content (AvgIpc) is 2.46. The maximum Gasteiger partial charge on any atom is 0.392 e. The first kappa shape index (κ1) is 20.8. The maximum absolute atomic E-state index is 12.3. The standard InChI is InChI=1S/C16H22F3NO5S/c1-15(2)14(21)13(20(3)26(4,22)23)11-9-10(5-6-12(11)25-15)24-8-7-16(17,18)19/h5-6,9,13-14,21H,7-8H2,1-4H3. The van der Waals surface area contributed by atoms with E-state index in [2.05, 4.69) is 0 Å². The lowest BCUT2D eigenvalue weighted by molar-refractivity contribution is -0.139. The van der Waals surface area contributed by atoms with Crippen molar-refractivity contribution < 1.29 is 36.2 Å². The van der Waals surface area contributed by atoms with Crippen LogP contribution in [0.25, 0.3) is 0 Å². The van der Waals surface area contributed by atoms with E-state index in [4.69, 9.17) is 9.47 Å². The minimum atomic E-state index is -4.34. The molecule has 0 radical (unpaired) electrons. The maximum atomic E-state index is 12.3. The van der Waals surface area contributed by atoms with Crippen molar-refractivity contribution in [2.45, 2.75) is 44.2 Å². The predicted molar refractivity (Wildman–Crippen MR) is 88.7 cm³/mol. The molecule has 6 nitrogen and oxygen atoms in total. The van der Waals surface area contributed by atoms with Crippen molar-refractivity contribution in [1.29, 1.82) is 0 Å². The van der Waals surface area contributed by atoms with Gasteiger partial charge in [0, 0.05) is 12.6 Å². The molecule has 0 bridgehead atoms. The number of aliphatic hydroxyl groups is 1. The second-order valence-electron chi connectivity index (χ2n) is 6.79. The van der Waals surface area contributed by atoms with Crippen LogP contribution in [0.1, 0.15) is 31.9 Å². The number of likely N-dealkylation sites (N-methyl/N-ethyl adjacent to an activating group) is 1. The molecule has 1 aromatic carbocycles. The number of aliphatic hydroxyl groups excluding tert-OH is 1. The van der Waals surface area contributed by atoms with Crippen LogP contribution in [-0.2, 0) is 10.0 Å². The molecule has 1 heterocycles. The summed E-state index contributed by atoms with van der Waals surface area (Å²) in [6.07, 6.45) is -5.63. The molecule has 148 valence electrons. The van der Waals surface area contributed by atoms with E-state index in [1.54, 1.807) is 13.8 Å². The monoisotopic (exact) mass is 397 g/mol. The van der Waals surface area contributed by atoms with Gasteiger partial charge in [-0.1, -0.05) is 0 Å². The molecule has 0 amide bonds. The number of alkyl halides is 3. The summed E-state index contributed by atoms with van der Waals surface area (Å²) in [5.74, 6) is 0.472. The number of rotatable bonds is 5. The summed E-state index contributed by atoms with van der Waals surface area (Å²) < 4.78 is 72.6. The fourth-order valence-corrected chi connectivity index (χ4v) is 3.36. The fourth-order valence-electron chi connectivity index (χ4n) is 2.72. The van der Waals surface area contributed by atoms with Crippen molar-refractivity contribution in [2.24, 2.45) is 0 Å². The number of halogens is 3.